The van der Waals surface area contributed by atoms with Crippen molar-refractivity contribution >= 4 is 53.4 Å². The Morgan fingerprint density at radius 1 is 0.360 bits per heavy atom. The Morgan fingerprint density at radius 3 is 1.58 bits per heavy atom. The summed E-state index contributed by atoms with van der Waals surface area (Å²) in [5.41, 5.74) is 10.3. The molecule has 0 spiro atoms. The molecule has 5 heteroatoms. The third-order valence-electron chi connectivity index (χ3n) is 10.0. The van der Waals surface area contributed by atoms with Crippen molar-refractivity contribution in [3.8, 4) is 22.3 Å². The number of thiophene rings is 1. The highest BCUT2D eigenvalue weighted by atomic mass is 32.1. The Labute approximate surface area is 294 Å². The highest BCUT2D eigenvalue weighted by Crippen LogP contribution is 2.39. The molecule has 3 N–H and O–H groups in total. The summed E-state index contributed by atoms with van der Waals surface area (Å²) in [5.74, 6) is 0. The van der Waals surface area contributed by atoms with Gasteiger partial charge in [0.15, 0.2) is 0 Å². The highest BCUT2D eigenvalue weighted by molar-refractivity contribution is 7.25. The van der Waals surface area contributed by atoms with Crippen LogP contribution in [0.1, 0.15) is 35.2 Å². The van der Waals surface area contributed by atoms with Crippen molar-refractivity contribution in [1.29, 1.82) is 0 Å². The molecule has 3 heterocycles. The van der Waals surface area contributed by atoms with Gasteiger partial charge in [-0.1, -0.05) is 127 Å². The number of hydrogen-bond acceptors (Lipinski definition) is 5. The summed E-state index contributed by atoms with van der Waals surface area (Å²) in [4.78, 5) is 0. The quantitative estimate of drug-likeness (QED) is 0.172. The molecular weight excluding hydrogens is 631 g/mol. The summed E-state index contributed by atoms with van der Waals surface area (Å²) in [6, 6.07) is 58.7. The van der Waals surface area contributed by atoms with Crippen LogP contribution in [0.2, 0.25) is 0 Å². The molecule has 1 fully saturated rings. The number of furan rings is 1. The zero-order valence-electron chi connectivity index (χ0n) is 27.1. The average Bonchev–Trinajstić information content (AvgIpc) is 3.75. The lowest BCUT2D eigenvalue weighted by Crippen LogP contribution is -2.54. The SMILES string of the molecule is c1ccc(C2NC(c3ccccc3)NC(c3ccc4c(c3)sc3ccc(-c5ccc(-c6ccc7oc8ccccc8c7c6)cc5)cc34)N2)cc1. The second-order valence-corrected chi connectivity index (χ2v) is 14.2. The van der Waals surface area contributed by atoms with E-state index < -0.39 is 0 Å². The molecule has 1 aliphatic heterocycles. The Hall–Kier alpha value is -5.56. The van der Waals surface area contributed by atoms with Crippen LogP contribution in [0.25, 0.3) is 64.4 Å². The molecule has 240 valence electrons. The summed E-state index contributed by atoms with van der Waals surface area (Å²) in [7, 11) is 0. The third-order valence-corrected chi connectivity index (χ3v) is 11.2. The van der Waals surface area contributed by atoms with Gasteiger partial charge in [-0.15, -0.1) is 11.3 Å². The minimum Gasteiger partial charge on any atom is -0.456 e. The molecule has 9 aromatic rings. The van der Waals surface area contributed by atoms with Gasteiger partial charge in [-0.05, 0) is 75.3 Å². The summed E-state index contributed by atoms with van der Waals surface area (Å²) in [6.07, 6.45) is -0.00966. The Kier molecular flexibility index (Phi) is 7.10. The smallest absolute Gasteiger partial charge is 0.135 e. The number of benzene rings is 7. The Morgan fingerprint density at radius 2 is 0.900 bits per heavy atom. The van der Waals surface area contributed by atoms with Crippen molar-refractivity contribution in [3.63, 3.8) is 0 Å². The molecule has 10 rings (SSSR count). The van der Waals surface area contributed by atoms with Crippen molar-refractivity contribution in [1.82, 2.24) is 16.0 Å². The van der Waals surface area contributed by atoms with Crippen molar-refractivity contribution in [2.75, 3.05) is 0 Å². The first-order valence-corrected chi connectivity index (χ1v) is 17.9. The minimum atomic E-state index is -0.0247. The second kappa shape index (κ2) is 12.1. The van der Waals surface area contributed by atoms with Crippen LogP contribution >= 0.6 is 11.3 Å². The molecule has 1 aliphatic rings. The fraction of sp³-hybridized carbons (Fsp3) is 0.0667. The molecule has 0 saturated carbocycles. The van der Waals surface area contributed by atoms with E-state index in [1.807, 2.05) is 23.5 Å². The van der Waals surface area contributed by atoms with Gasteiger partial charge in [-0.2, -0.15) is 0 Å². The molecule has 2 aromatic heterocycles. The maximum Gasteiger partial charge on any atom is 0.135 e. The van der Waals surface area contributed by atoms with E-state index in [2.05, 4.69) is 168 Å². The highest BCUT2D eigenvalue weighted by Gasteiger charge is 2.29. The van der Waals surface area contributed by atoms with Gasteiger partial charge in [0.25, 0.3) is 0 Å². The van der Waals surface area contributed by atoms with Gasteiger partial charge < -0.3 is 4.42 Å². The van der Waals surface area contributed by atoms with Crippen molar-refractivity contribution in [2.45, 2.75) is 18.5 Å². The Bertz CT molecular complexity index is 2600. The number of para-hydroxylation sites is 1. The van der Waals surface area contributed by atoms with E-state index in [1.165, 1.54) is 59.1 Å². The fourth-order valence-corrected chi connectivity index (χ4v) is 8.56. The molecule has 4 nitrogen and oxygen atoms in total. The zero-order chi connectivity index (χ0) is 33.0. The standard InChI is InChI=1S/C45H33N3OS/c1-3-9-30(10-4-1)43-46-44(31-11-5-2-6-12-31)48-45(47-43)34-19-22-36-38-26-33(21-24-41(38)50-42(36)27-34)29-17-15-28(16-18-29)32-20-23-40-37(25-32)35-13-7-8-14-39(35)49-40/h1-27,43-48H. The van der Waals surface area contributed by atoms with Gasteiger partial charge in [0, 0.05) is 30.9 Å². The van der Waals surface area contributed by atoms with Crippen LogP contribution in [0, 0.1) is 0 Å². The predicted octanol–water partition coefficient (Wildman–Crippen LogP) is 11.5. The summed E-state index contributed by atoms with van der Waals surface area (Å²) in [5, 5.41) is 16.3. The maximum absolute atomic E-state index is 6.05. The molecule has 7 aromatic carbocycles. The van der Waals surface area contributed by atoms with Gasteiger partial charge in [0.05, 0.1) is 18.5 Å². The van der Waals surface area contributed by atoms with Crippen molar-refractivity contribution < 1.29 is 4.42 Å². The van der Waals surface area contributed by atoms with E-state index >= 15 is 0 Å². The molecule has 1 saturated heterocycles. The van der Waals surface area contributed by atoms with Crippen LogP contribution < -0.4 is 16.0 Å². The maximum atomic E-state index is 6.05. The van der Waals surface area contributed by atoms with Crippen LogP contribution in [0.4, 0.5) is 0 Å². The summed E-state index contributed by atoms with van der Waals surface area (Å²) < 4.78 is 8.64. The fourth-order valence-electron chi connectivity index (χ4n) is 7.43. The average molecular weight is 664 g/mol. The number of fused-ring (bicyclic) bond motifs is 6. The van der Waals surface area contributed by atoms with Gasteiger partial charge in [-0.25, -0.2) is 0 Å². The largest absolute Gasteiger partial charge is 0.456 e. The number of nitrogens with one attached hydrogen (secondary N) is 3. The van der Waals surface area contributed by atoms with E-state index in [1.54, 1.807) is 0 Å². The summed E-state index contributed by atoms with van der Waals surface area (Å²) in [6.45, 7) is 0. The van der Waals surface area contributed by atoms with E-state index in [-0.39, 0.29) is 18.5 Å². The van der Waals surface area contributed by atoms with E-state index in [9.17, 15) is 0 Å². The lowest BCUT2D eigenvalue weighted by molar-refractivity contribution is 0.203. The monoisotopic (exact) mass is 663 g/mol. The van der Waals surface area contributed by atoms with Gasteiger partial charge in [0.1, 0.15) is 11.2 Å². The molecule has 0 aliphatic carbocycles. The van der Waals surface area contributed by atoms with Crippen molar-refractivity contribution in [2.24, 2.45) is 0 Å². The number of hydrogen-bond donors (Lipinski definition) is 3. The minimum absolute atomic E-state index is 0.00753. The zero-order valence-corrected chi connectivity index (χ0v) is 28.0. The van der Waals surface area contributed by atoms with Gasteiger partial charge in [0.2, 0.25) is 0 Å². The first-order chi connectivity index (χ1) is 24.7. The van der Waals surface area contributed by atoms with Gasteiger partial charge >= 0.3 is 0 Å². The molecule has 0 amide bonds. The van der Waals surface area contributed by atoms with Crippen LogP contribution in [0.3, 0.4) is 0 Å². The van der Waals surface area contributed by atoms with Crippen LogP contribution in [0.15, 0.2) is 168 Å². The molecule has 50 heavy (non-hydrogen) atoms. The van der Waals surface area contributed by atoms with E-state index in [0.29, 0.717) is 0 Å². The normalized spacial score (nSPS) is 18.0. The van der Waals surface area contributed by atoms with Crippen LogP contribution in [-0.4, -0.2) is 0 Å². The molecule has 2 atom stereocenters. The van der Waals surface area contributed by atoms with Crippen LogP contribution in [0.5, 0.6) is 0 Å². The van der Waals surface area contributed by atoms with E-state index in [0.717, 1.165) is 21.9 Å². The predicted molar refractivity (Wildman–Crippen MR) is 208 cm³/mol. The summed E-state index contributed by atoms with van der Waals surface area (Å²) >= 11 is 1.86. The van der Waals surface area contributed by atoms with Crippen molar-refractivity contribution in [3.05, 3.63) is 180 Å². The van der Waals surface area contributed by atoms with E-state index in [4.69, 9.17) is 4.42 Å². The van der Waals surface area contributed by atoms with Gasteiger partial charge in [-0.3, -0.25) is 16.0 Å². The third kappa shape index (κ3) is 5.20. The topological polar surface area (TPSA) is 49.2 Å². The number of rotatable bonds is 5. The van der Waals surface area contributed by atoms with Crippen LogP contribution in [-0.2, 0) is 0 Å². The lowest BCUT2D eigenvalue weighted by atomic mass is 9.98. The molecule has 0 radical (unpaired) electrons. The molecule has 0 bridgehead atoms. The Balaban J connectivity index is 0.953. The second-order valence-electron chi connectivity index (χ2n) is 13.1. The molecule has 2 unspecified atom stereocenters. The first-order valence-electron chi connectivity index (χ1n) is 17.1. The first kappa shape index (κ1) is 29.4. The molecular formula is C45H33N3OS. The lowest BCUT2D eigenvalue weighted by Gasteiger charge is -2.39.